The van der Waals surface area contributed by atoms with Gasteiger partial charge in [-0.2, -0.15) is 0 Å². The van der Waals surface area contributed by atoms with Crippen molar-refractivity contribution in [3.8, 4) is 0 Å². The van der Waals surface area contributed by atoms with Crippen molar-refractivity contribution in [2.45, 2.75) is 25.9 Å². The van der Waals surface area contributed by atoms with E-state index in [4.69, 9.17) is 5.73 Å². The van der Waals surface area contributed by atoms with Gasteiger partial charge in [0.1, 0.15) is 0 Å². The van der Waals surface area contributed by atoms with Crippen LogP contribution in [0.25, 0.3) is 10.9 Å². The Morgan fingerprint density at radius 1 is 1.35 bits per heavy atom. The number of nitrogens with zero attached hydrogens (tertiary/aromatic N) is 2. The van der Waals surface area contributed by atoms with Gasteiger partial charge in [0.25, 0.3) is 0 Å². The number of amides is 1. The van der Waals surface area contributed by atoms with Crippen LogP contribution in [0.1, 0.15) is 30.2 Å². The minimum absolute atomic E-state index is 0.0114. The topological polar surface area (TPSA) is 71.5 Å². The number of hydrogen-bond acceptors (Lipinski definition) is 3. The van der Waals surface area contributed by atoms with Gasteiger partial charge in [0.15, 0.2) is 0 Å². The Balaban J connectivity index is 1.76. The first-order valence-corrected chi connectivity index (χ1v) is 8.22. The molecule has 0 spiro atoms. The maximum atomic E-state index is 11.3. The first-order chi connectivity index (χ1) is 11.0. The van der Waals surface area contributed by atoms with Gasteiger partial charge in [-0.05, 0) is 38.9 Å². The lowest BCUT2D eigenvalue weighted by Crippen LogP contribution is -2.40. The van der Waals surface area contributed by atoms with Crippen LogP contribution in [-0.2, 0) is 11.8 Å². The first-order valence-electron chi connectivity index (χ1n) is 8.22. The number of benzene rings is 1. The zero-order valence-electron chi connectivity index (χ0n) is 13.8. The molecule has 0 bridgehead atoms. The lowest BCUT2D eigenvalue weighted by atomic mass is 9.95. The number of primary amides is 1. The van der Waals surface area contributed by atoms with Crippen LogP contribution in [0.15, 0.2) is 24.3 Å². The molecule has 1 aromatic carbocycles. The lowest BCUT2D eigenvalue weighted by molar-refractivity contribution is -0.123. The average molecular weight is 315 g/mol. The molecule has 124 valence electrons. The summed E-state index contributed by atoms with van der Waals surface area (Å²) in [6, 6.07) is 8.18. The average Bonchev–Trinajstić information content (AvgIpc) is 2.80. The molecule has 1 aliphatic heterocycles. The quantitative estimate of drug-likeness (QED) is 0.902. The molecule has 1 aromatic heterocycles. The van der Waals surface area contributed by atoms with E-state index in [1.165, 1.54) is 0 Å². The number of carbonyl (C=O) groups is 1. The standard InChI is InChI=1S/C18H25N3O2/c1-12-17(14-5-3-4-6-15(14)20(12)2)16(22)11-21-9-7-13(8-10-21)18(19)23/h3-6,13,16,22H,7-11H2,1-2H3,(H2,19,23)/t16-/m0/s1. The summed E-state index contributed by atoms with van der Waals surface area (Å²) in [4.78, 5) is 13.5. The number of aryl methyl sites for hydroxylation is 1. The zero-order chi connectivity index (χ0) is 16.6. The number of β-amino-alcohol motifs (C(OH)–C–C–N with tert-alkyl or cyclic N) is 1. The first kappa shape index (κ1) is 16.0. The van der Waals surface area contributed by atoms with Crippen LogP contribution in [0.4, 0.5) is 0 Å². The SMILES string of the molecule is Cc1c([C@@H](O)CN2CCC(C(N)=O)CC2)c2ccccc2n1C. The van der Waals surface area contributed by atoms with Crippen molar-refractivity contribution in [2.75, 3.05) is 19.6 Å². The second kappa shape index (κ2) is 6.34. The van der Waals surface area contributed by atoms with Gasteiger partial charge < -0.3 is 20.3 Å². The third-order valence-electron chi connectivity index (χ3n) is 5.20. The van der Waals surface area contributed by atoms with E-state index in [1.807, 2.05) is 19.2 Å². The van der Waals surface area contributed by atoms with Gasteiger partial charge in [-0.1, -0.05) is 18.2 Å². The fourth-order valence-electron chi connectivity index (χ4n) is 3.71. The minimum atomic E-state index is -0.522. The summed E-state index contributed by atoms with van der Waals surface area (Å²) in [5, 5.41) is 11.9. The summed E-state index contributed by atoms with van der Waals surface area (Å²) in [6.45, 7) is 4.28. The molecule has 5 heteroatoms. The molecule has 0 aliphatic carbocycles. The van der Waals surface area contributed by atoms with Gasteiger partial charge in [0.2, 0.25) is 5.91 Å². The molecule has 5 nitrogen and oxygen atoms in total. The number of aliphatic hydroxyl groups is 1. The molecule has 1 fully saturated rings. The van der Waals surface area contributed by atoms with Crippen LogP contribution < -0.4 is 5.73 Å². The van der Waals surface area contributed by atoms with Gasteiger partial charge in [0, 0.05) is 41.7 Å². The number of hydrogen-bond donors (Lipinski definition) is 2. The highest BCUT2D eigenvalue weighted by molar-refractivity contribution is 5.85. The fraction of sp³-hybridized carbons (Fsp3) is 0.500. The van der Waals surface area contributed by atoms with Crippen LogP contribution in [-0.4, -0.2) is 40.1 Å². The van der Waals surface area contributed by atoms with Crippen LogP contribution in [0, 0.1) is 12.8 Å². The molecule has 1 aliphatic rings. The van der Waals surface area contributed by atoms with Gasteiger partial charge in [-0.25, -0.2) is 0 Å². The summed E-state index contributed by atoms with van der Waals surface area (Å²) in [5.41, 5.74) is 8.64. The second-order valence-electron chi connectivity index (χ2n) is 6.57. The summed E-state index contributed by atoms with van der Waals surface area (Å²) in [6.07, 6.45) is 1.05. The lowest BCUT2D eigenvalue weighted by Gasteiger charge is -2.32. The van der Waals surface area contributed by atoms with Crippen molar-refractivity contribution in [1.29, 1.82) is 0 Å². The van der Waals surface area contributed by atoms with Crippen molar-refractivity contribution >= 4 is 16.8 Å². The molecule has 3 N–H and O–H groups in total. The van der Waals surface area contributed by atoms with Crippen molar-refractivity contribution in [3.63, 3.8) is 0 Å². The Morgan fingerprint density at radius 3 is 2.65 bits per heavy atom. The molecule has 0 radical (unpaired) electrons. The van der Waals surface area contributed by atoms with Gasteiger partial charge in [-0.15, -0.1) is 0 Å². The molecule has 1 atom stereocenters. The maximum absolute atomic E-state index is 11.3. The molecule has 3 rings (SSSR count). The van der Waals surface area contributed by atoms with Crippen molar-refractivity contribution in [3.05, 3.63) is 35.5 Å². The smallest absolute Gasteiger partial charge is 0.220 e. The number of piperidine rings is 1. The van der Waals surface area contributed by atoms with Crippen molar-refractivity contribution in [2.24, 2.45) is 18.7 Å². The molecule has 2 aromatic rings. The number of aliphatic hydroxyl groups excluding tert-OH is 1. The molecular formula is C18H25N3O2. The highest BCUT2D eigenvalue weighted by atomic mass is 16.3. The highest BCUT2D eigenvalue weighted by Crippen LogP contribution is 2.31. The number of fused-ring (bicyclic) bond motifs is 1. The second-order valence-corrected chi connectivity index (χ2v) is 6.57. The zero-order valence-corrected chi connectivity index (χ0v) is 13.8. The molecule has 0 saturated carbocycles. The molecule has 23 heavy (non-hydrogen) atoms. The van der Waals surface area contributed by atoms with Crippen LogP contribution in [0.3, 0.4) is 0 Å². The van der Waals surface area contributed by atoms with E-state index in [9.17, 15) is 9.90 Å². The van der Waals surface area contributed by atoms with Crippen molar-refractivity contribution in [1.82, 2.24) is 9.47 Å². The fourth-order valence-corrected chi connectivity index (χ4v) is 3.71. The van der Waals surface area contributed by atoms with E-state index in [2.05, 4.69) is 28.5 Å². The Morgan fingerprint density at radius 2 is 2.00 bits per heavy atom. The Labute approximate surface area is 136 Å². The third kappa shape index (κ3) is 2.99. The van der Waals surface area contributed by atoms with Gasteiger partial charge in [0.05, 0.1) is 6.10 Å². The Bertz CT molecular complexity index is 714. The number of nitrogens with two attached hydrogens (primary N) is 1. The summed E-state index contributed by atoms with van der Waals surface area (Å²) >= 11 is 0. The molecule has 1 saturated heterocycles. The summed E-state index contributed by atoms with van der Waals surface area (Å²) in [5.74, 6) is -0.210. The summed E-state index contributed by atoms with van der Waals surface area (Å²) in [7, 11) is 2.03. The maximum Gasteiger partial charge on any atom is 0.220 e. The monoisotopic (exact) mass is 315 g/mol. The minimum Gasteiger partial charge on any atom is -0.387 e. The number of likely N-dealkylation sites (tertiary alicyclic amines) is 1. The number of para-hydroxylation sites is 1. The molecule has 0 unspecified atom stereocenters. The normalized spacial score (nSPS) is 18.4. The van der Waals surface area contributed by atoms with Crippen LogP contribution >= 0.6 is 0 Å². The number of carbonyl (C=O) groups excluding carboxylic acids is 1. The predicted octanol–water partition coefficient (Wildman–Crippen LogP) is 1.72. The van der Waals surface area contributed by atoms with E-state index in [1.54, 1.807) is 0 Å². The van der Waals surface area contributed by atoms with E-state index < -0.39 is 6.10 Å². The predicted molar refractivity (Wildman–Crippen MR) is 91.0 cm³/mol. The Hall–Kier alpha value is -1.85. The van der Waals surface area contributed by atoms with Crippen LogP contribution in [0.2, 0.25) is 0 Å². The summed E-state index contributed by atoms with van der Waals surface area (Å²) < 4.78 is 2.13. The third-order valence-corrected chi connectivity index (χ3v) is 5.20. The van der Waals surface area contributed by atoms with E-state index >= 15 is 0 Å². The van der Waals surface area contributed by atoms with Crippen molar-refractivity contribution < 1.29 is 9.90 Å². The Kier molecular flexibility index (Phi) is 4.41. The van der Waals surface area contributed by atoms with Gasteiger partial charge >= 0.3 is 0 Å². The number of rotatable bonds is 4. The molecule has 1 amide bonds. The molecule has 2 heterocycles. The largest absolute Gasteiger partial charge is 0.387 e. The van der Waals surface area contributed by atoms with Crippen LogP contribution in [0.5, 0.6) is 0 Å². The van der Waals surface area contributed by atoms with E-state index in [0.717, 1.165) is 48.1 Å². The molecular weight excluding hydrogens is 290 g/mol. The number of aromatic nitrogens is 1. The van der Waals surface area contributed by atoms with E-state index in [-0.39, 0.29) is 11.8 Å². The highest BCUT2D eigenvalue weighted by Gasteiger charge is 2.26. The van der Waals surface area contributed by atoms with Gasteiger partial charge in [-0.3, -0.25) is 4.79 Å². The van der Waals surface area contributed by atoms with E-state index in [0.29, 0.717) is 6.54 Å².